The maximum atomic E-state index is 9.64. The van der Waals surface area contributed by atoms with E-state index in [4.69, 9.17) is 10.2 Å². The zero-order valence-electron chi connectivity index (χ0n) is 4.01. The zero-order valence-corrected chi connectivity index (χ0v) is 4.01. The van der Waals surface area contributed by atoms with Crippen LogP contribution in [0.4, 0.5) is 0 Å². The number of aliphatic carboxylic acids is 1. The first-order chi connectivity index (χ1) is 3.18. The van der Waals surface area contributed by atoms with Crippen molar-refractivity contribution in [1.82, 2.24) is 0 Å². The topological polar surface area (TPSA) is 57.5 Å². The number of carboxylic acid groups (broad SMARTS) is 1. The molecule has 0 aromatic rings. The zero-order chi connectivity index (χ0) is 5.86. The quantitative estimate of drug-likeness (QED) is 0.531. The van der Waals surface area contributed by atoms with E-state index in [1.165, 1.54) is 0 Å². The van der Waals surface area contributed by atoms with Gasteiger partial charge in [0.05, 0.1) is 0 Å². The average molecular weight is 103 g/mol. The summed E-state index contributed by atoms with van der Waals surface area (Å²) in [6.07, 6.45) is -0.296. The van der Waals surface area contributed by atoms with Crippen LogP contribution in [0.2, 0.25) is 0 Å². The molecule has 0 amide bonds. The van der Waals surface area contributed by atoms with E-state index in [9.17, 15) is 4.79 Å². The van der Waals surface area contributed by atoms with Crippen LogP contribution in [-0.4, -0.2) is 16.2 Å². The van der Waals surface area contributed by atoms with Crippen molar-refractivity contribution in [3.8, 4) is 0 Å². The number of rotatable bonds is 2. The molecule has 7 heavy (non-hydrogen) atoms. The van der Waals surface area contributed by atoms with Crippen LogP contribution in [0.5, 0.6) is 0 Å². The standard InChI is InChI=1S/C4H7O3/c1-2-3(5)4(6)7/h5H,2H2,1H3,(H,6,7). The van der Waals surface area contributed by atoms with Crippen LogP contribution in [0.3, 0.4) is 0 Å². The Labute approximate surface area is 41.6 Å². The van der Waals surface area contributed by atoms with E-state index >= 15 is 0 Å². The summed E-state index contributed by atoms with van der Waals surface area (Å²) in [4.78, 5) is 9.64. The van der Waals surface area contributed by atoms with Gasteiger partial charge in [0.1, 0.15) is 0 Å². The van der Waals surface area contributed by atoms with E-state index in [-0.39, 0.29) is 6.42 Å². The second-order valence-electron chi connectivity index (χ2n) is 1.11. The highest BCUT2D eigenvalue weighted by molar-refractivity contribution is 5.79. The number of aliphatic hydroxyl groups is 1. The summed E-state index contributed by atoms with van der Waals surface area (Å²) < 4.78 is 0. The summed E-state index contributed by atoms with van der Waals surface area (Å²) >= 11 is 0. The van der Waals surface area contributed by atoms with Gasteiger partial charge in [-0.05, 0) is 6.42 Å². The number of carboxylic acids is 1. The van der Waals surface area contributed by atoms with Gasteiger partial charge in [0.25, 0.3) is 0 Å². The lowest BCUT2D eigenvalue weighted by atomic mass is 10.3. The van der Waals surface area contributed by atoms with Crippen molar-refractivity contribution < 1.29 is 15.0 Å². The van der Waals surface area contributed by atoms with Crippen molar-refractivity contribution in [2.45, 2.75) is 13.3 Å². The Kier molecular flexibility index (Phi) is 2.37. The van der Waals surface area contributed by atoms with Crippen LogP contribution in [-0.2, 0) is 4.79 Å². The first kappa shape index (κ1) is 6.43. The lowest BCUT2D eigenvalue weighted by Crippen LogP contribution is -2.07. The molecule has 0 spiro atoms. The molecule has 0 aliphatic carbocycles. The smallest absolute Gasteiger partial charge is 0.339 e. The molecule has 0 saturated heterocycles. The van der Waals surface area contributed by atoms with E-state index in [1.807, 2.05) is 0 Å². The molecular formula is C4H7O3. The number of hydrogen-bond donors (Lipinski definition) is 2. The molecule has 0 unspecified atom stereocenters. The van der Waals surface area contributed by atoms with E-state index < -0.39 is 12.1 Å². The maximum Gasteiger partial charge on any atom is 0.339 e. The van der Waals surface area contributed by atoms with Crippen LogP contribution >= 0.6 is 0 Å². The Morgan fingerprint density at radius 2 is 2.00 bits per heavy atom. The molecule has 41 valence electrons. The van der Waals surface area contributed by atoms with Gasteiger partial charge in [-0.25, -0.2) is 4.79 Å². The maximum absolute atomic E-state index is 9.64. The van der Waals surface area contributed by atoms with Crippen molar-refractivity contribution in [3.05, 3.63) is 6.10 Å². The Morgan fingerprint density at radius 3 is 2.00 bits per heavy atom. The van der Waals surface area contributed by atoms with Gasteiger partial charge < -0.3 is 10.2 Å². The molecule has 3 nitrogen and oxygen atoms in total. The Balaban J connectivity index is 3.34. The predicted octanol–water partition coefficient (Wildman–Crippen LogP) is 0.385. The minimum atomic E-state index is -1.23. The van der Waals surface area contributed by atoms with Gasteiger partial charge in [-0.15, -0.1) is 0 Å². The molecule has 0 aliphatic heterocycles. The first-order valence-electron chi connectivity index (χ1n) is 1.96. The largest absolute Gasteiger partial charge is 0.479 e. The summed E-state index contributed by atoms with van der Waals surface area (Å²) in [6.45, 7) is 1.57. The molecule has 2 N–H and O–H groups in total. The Hall–Kier alpha value is -0.570. The van der Waals surface area contributed by atoms with Crippen LogP contribution in [0.15, 0.2) is 0 Å². The summed E-state index contributed by atoms with van der Waals surface area (Å²) in [5.74, 6) is -1.23. The second kappa shape index (κ2) is 2.58. The van der Waals surface area contributed by atoms with E-state index in [1.54, 1.807) is 6.92 Å². The highest BCUT2D eigenvalue weighted by Gasteiger charge is 2.09. The summed E-state index contributed by atoms with van der Waals surface area (Å²) in [5, 5.41) is 16.1. The lowest BCUT2D eigenvalue weighted by Gasteiger charge is -1.93. The summed E-state index contributed by atoms with van der Waals surface area (Å²) in [7, 11) is 0. The first-order valence-corrected chi connectivity index (χ1v) is 1.96. The van der Waals surface area contributed by atoms with Crippen molar-refractivity contribution in [1.29, 1.82) is 0 Å². The molecule has 0 aromatic carbocycles. The SMILES string of the molecule is CC[C](O)C(=O)O. The van der Waals surface area contributed by atoms with Gasteiger partial charge in [-0.3, -0.25) is 0 Å². The van der Waals surface area contributed by atoms with Gasteiger partial charge >= 0.3 is 5.97 Å². The normalized spacial score (nSPS) is 9.57. The highest BCUT2D eigenvalue weighted by atomic mass is 16.4. The van der Waals surface area contributed by atoms with Crippen LogP contribution in [0.1, 0.15) is 13.3 Å². The van der Waals surface area contributed by atoms with Crippen LogP contribution in [0, 0.1) is 6.10 Å². The minimum absolute atomic E-state index is 0.190. The fraction of sp³-hybridized carbons (Fsp3) is 0.500. The molecule has 1 radical (unpaired) electrons. The van der Waals surface area contributed by atoms with Gasteiger partial charge in [0.2, 0.25) is 6.10 Å². The third kappa shape index (κ3) is 2.17. The molecule has 0 aromatic heterocycles. The van der Waals surface area contributed by atoms with Gasteiger partial charge in [-0.1, -0.05) is 6.92 Å². The molecule has 0 bridgehead atoms. The number of hydrogen-bond acceptors (Lipinski definition) is 2. The molecule has 0 atom stereocenters. The molecular weight excluding hydrogens is 96.0 g/mol. The van der Waals surface area contributed by atoms with Crippen molar-refractivity contribution in [2.24, 2.45) is 0 Å². The van der Waals surface area contributed by atoms with Gasteiger partial charge in [0, 0.05) is 0 Å². The minimum Gasteiger partial charge on any atom is -0.479 e. The number of carbonyl (C=O) groups is 1. The average Bonchev–Trinajstić information content (AvgIpc) is 1.65. The third-order valence-corrected chi connectivity index (χ3v) is 0.582. The van der Waals surface area contributed by atoms with Gasteiger partial charge in [0.15, 0.2) is 0 Å². The van der Waals surface area contributed by atoms with E-state index in [2.05, 4.69) is 0 Å². The molecule has 0 heterocycles. The monoisotopic (exact) mass is 103 g/mol. The molecule has 0 saturated carbocycles. The summed E-state index contributed by atoms with van der Waals surface area (Å²) in [5.41, 5.74) is 0. The van der Waals surface area contributed by atoms with E-state index in [0.717, 1.165) is 0 Å². The predicted molar refractivity (Wildman–Crippen MR) is 23.1 cm³/mol. The van der Waals surface area contributed by atoms with Crippen molar-refractivity contribution in [3.63, 3.8) is 0 Å². The Bertz CT molecular complexity index is 69.3. The van der Waals surface area contributed by atoms with Gasteiger partial charge in [-0.2, -0.15) is 0 Å². The molecule has 3 heteroatoms. The van der Waals surface area contributed by atoms with Crippen LogP contribution in [0.25, 0.3) is 0 Å². The third-order valence-electron chi connectivity index (χ3n) is 0.582. The van der Waals surface area contributed by atoms with Crippen molar-refractivity contribution in [2.75, 3.05) is 0 Å². The lowest BCUT2D eigenvalue weighted by molar-refractivity contribution is -0.139. The van der Waals surface area contributed by atoms with Crippen LogP contribution < -0.4 is 0 Å². The molecule has 0 aliphatic rings. The Morgan fingerprint density at radius 1 is 1.57 bits per heavy atom. The fourth-order valence-corrected chi connectivity index (χ4v) is 0.151. The van der Waals surface area contributed by atoms with E-state index in [0.29, 0.717) is 0 Å². The van der Waals surface area contributed by atoms with Crippen molar-refractivity contribution >= 4 is 5.97 Å². The highest BCUT2D eigenvalue weighted by Crippen LogP contribution is 1.96. The second-order valence-corrected chi connectivity index (χ2v) is 1.11. The molecule has 0 fully saturated rings. The fourth-order valence-electron chi connectivity index (χ4n) is 0.151. The summed E-state index contributed by atoms with van der Waals surface area (Å²) in [6, 6.07) is 0. The molecule has 0 rings (SSSR count). The number of aliphatic hydroxyl groups excluding tert-OH is 1.